The van der Waals surface area contributed by atoms with Crippen molar-refractivity contribution in [3.05, 3.63) is 35.6 Å². The Bertz CT molecular complexity index is 415. The number of nitrogens with one attached hydrogen (secondary N) is 2. The average molecular weight is 395 g/mol. The van der Waals surface area contributed by atoms with Crippen molar-refractivity contribution in [1.82, 2.24) is 10.6 Å². The van der Waals surface area contributed by atoms with Crippen molar-refractivity contribution in [3.63, 3.8) is 0 Å². The average Bonchev–Trinajstić information content (AvgIpc) is 2.42. The minimum Gasteiger partial charge on any atom is -0.356 e. The highest BCUT2D eigenvalue weighted by molar-refractivity contribution is 14.0. The fourth-order valence-corrected chi connectivity index (χ4v) is 2.53. The van der Waals surface area contributed by atoms with Crippen molar-refractivity contribution in [2.75, 3.05) is 25.4 Å². The van der Waals surface area contributed by atoms with E-state index in [4.69, 9.17) is 0 Å². The summed E-state index contributed by atoms with van der Waals surface area (Å²) in [5, 5.41) is 6.45. The third-order valence-electron chi connectivity index (χ3n) is 2.65. The van der Waals surface area contributed by atoms with Gasteiger partial charge in [0.25, 0.3) is 0 Å². The van der Waals surface area contributed by atoms with Crippen LogP contribution in [0.15, 0.2) is 29.3 Å². The summed E-state index contributed by atoms with van der Waals surface area (Å²) in [6.07, 6.45) is 1.10. The van der Waals surface area contributed by atoms with Crippen LogP contribution in [-0.2, 0) is 5.75 Å². The van der Waals surface area contributed by atoms with Gasteiger partial charge < -0.3 is 10.6 Å². The van der Waals surface area contributed by atoms with Crippen LogP contribution in [0.4, 0.5) is 4.39 Å². The predicted octanol–water partition coefficient (Wildman–Crippen LogP) is 2.62. The fourth-order valence-electron chi connectivity index (χ4n) is 1.69. The molecule has 1 aliphatic heterocycles. The van der Waals surface area contributed by atoms with Gasteiger partial charge in [0.2, 0.25) is 0 Å². The Balaban J connectivity index is 0.00000180. The van der Waals surface area contributed by atoms with Crippen molar-refractivity contribution >= 4 is 41.7 Å². The highest BCUT2D eigenvalue weighted by Crippen LogP contribution is 2.14. The molecule has 0 spiro atoms. The highest BCUT2D eigenvalue weighted by atomic mass is 127. The van der Waals surface area contributed by atoms with Gasteiger partial charge in [-0.1, -0.05) is 18.2 Å². The first-order chi connectivity index (χ1) is 8.86. The van der Waals surface area contributed by atoms with Crippen molar-refractivity contribution < 1.29 is 4.39 Å². The number of hydrogen-bond donors (Lipinski definition) is 2. The summed E-state index contributed by atoms with van der Waals surface area (Å²) in [7, 11) is 0. The Kier molecular flexibility index (Phi) is 8.20. The molecule has 106 valence electrons. The maximum Gasteiger partial charge on any atom is 0.191 e. The van der Waals surface area contributed by atoms with E-state index in [0.717, 1.165) is 43.3 Å². The predicted molar refractivity (Wildman–Crippen MR) is 90.9 cm³/mol. The van der Waals surface area contributed by atoms with Crippen LogP contribution in [0.2, 0.25) is 0 Å². The number of halogens is 2. The van der Waals surface area contributed by atoms with Gasteiger partial charge in [-0.3, -0.25) is 4.99 Å². The van der Waals surface area contributed by atoms with Gasteiger partial charge in [-0.15, -0.1) is 24.0 Å². The molecule has 1 aromatic rings. The first-order valence-corrected chi connectivity index (χ1v) is 7.35. The molecule has 0 fully saturated rings. The standard InChI is InChI=1S/C13H18FN3S.HI/c14-12-5-2-1-4-11(12)10-18-9-8-17-13-15-6-3-7-16-13;/h1-2,4-5H,3,6-10H2,(H2,15,16,17);1H. The van der Waals surface area contributed by atoms with Gasteiger partial charge >= 0.3 is 0 Å². The topological polar surface area (TPSA) is 36.4 Å². The second-order valence-corrected chi connectivity index (χ2v) is 5.19. The molecule has 0 aliphatic carbocycles. The molecule has 1 aliphatic rings. The van der Waals surface area contributed by atoms with Crippen molar-refractivity contribution in [2.45, 2.75) is 12.2 Å². The van der Waals surface area contributed by atoms with Gasteiger partial charge in [0.05, 0.1) is 0 Å². The number of rotatable bonds is 5. The number of guanidine groups is 1. The summed E-state index contributed by atoms with van der Waals surface area (Å²) in [6.45, 7) is 2.75. The number of hydrogen-bond acceptors (Lipinski definition) is 4. The normalized spacial score (nSPS) is 14.1. The molecule has 6 heteroatoms. The van der Waals surface area contributed by atoms with E-state index < -0.39 is 0 Å². The molecular weight excluding hydrogens is 376 g/mol. The quantitative estimate of drug-likeness (QED) is 0.595. The van der Waals surface area contributed by atoms with E-state index >= 15 is 0 Å². The summed E-state index contributed by atoms with van der Waals surface area (Å²) in [5.41, 5.74) is 0.774. The molecule has 0 bridgehead atoms. The van der Waals surface area contributed by atoms with Crippen molar-refractivity contribution in [3.8, 4) is 0 Å². The van der Waals surface area contributed by atoms with Gasteiger partial charge in [0.15, 0.2) is 5.96 Å². The lowest BCUT2D eigenvalue weighted by Gasteiger charge is -2.15. The zero-order valence-electron chi connectivity index (χ0n) is 10.7. The SMILES string of the molecule is Fc1ccccc1CSCCNC1=NCCCN1.I. The number of benzene rings is 1. The highest BCUT2D eigenvalue weighted by Gasteiger charge is 2.03. The van der Waals surface area contributed by atoms with E-state index in [2.05, 4.69) is 15.6 Å². The Morgan fingerprint density at radius 2 is 2.21 bits per heavy atom. The second-order valence-electron chi connectivity index (χ2n) is 4.08. The Morgan fingerprint density at radius 3 is 2.95 bits per heavy atom. The van der Waals surface area contributed by atoms with Crippen LogP contribution in [0, 0.1) is 5.82 Å². The molecule has 0 radical (unpaired) electrons. The smallest absolute Gasteiger partial charge is 0.191 e. The third kappa shape index (κ3) is 5.99. The molecule has 19 heavy (non-hydrogen) atoms. The van der Waals surface area contributed by atoms with Gasteiger partial charge in [-0.05, 0) is 18.1 Å². The molecule has 0 saturated carbocycles. The summed E-state index contributed by atoms with van der Waals surface area (Å²) in [4.78, 5) is 4.32. The van der Waals surface area contributed by atoms with E-state index in [0.29, 0.717) is 5.75 Å². The molecule has 0 saturated heterocycles. The summed E-state index contributed by atoms with van der Waals surface area (Å²) < 4.78 is 13.3. The molecular formula is C13H19FIN3S. The van der Waals surface area contributed by atoms with Crippen LogP contribution >= 0.6 is 35.7 Å². The monoisotopic (exact) mass is 395 g/mol. The van der Waals surface area contributed by atoms with Crippen LogP contribution in [0.25, 0.3) is 0 Å². The first kappa shape index (κ1) is 16.6. The van der Waals surface area contributed by atoms with Crippen LogP contribution in [0.1, 0.15) is 12.0 Å². The summed E-state index contributed by atoms with van der Waals surface area (Å²) >= 11 is 1.72. The van der Waals surface area contributed by atoms with Crippen LogP contribution in [0.5, 0.6) is 0 Å². The zero-order valence-corrected chi connectivity index (χ0v) is 13.8. The Hall–Kier alpha value is -0.500. The molecule has 0 amide bonds. The Morgan fingerprint density at radius 1 is 1.37 bits per heavy atom. The summed E-state index contributed by atoms with van der Waals surface area (Å²) in [5.74, 6) is 2.44. The van der Waals surface area contributed by atoms with E-state index in [1.165, 1.54) is 6.07 Å². The van der Waals surface area contributed by atoms with Crippen LogP contribution in [0.3, 0.4) is 0 Å². The zero-order chi connectivity index (χ0) is 12.6. The molecule has 2 N–H and O–H groups in total. The van der Waals surface area contributed by atoms with Crippen molar-refractivity contribution in [1.29, 1.82) is 0 Å². The number of thioether (sulfide) groups is 1. The van der Waals surface area contributed by atoms with E-state index in [1.54, 1.807) is 17.8 Å². The van der Waals surface area contributed by atoms with E-state index in [9.17, 15) is 4.39 Å². The van der Waals surface area contributed by atoms with Gasteiger partial charge in [0.1, 0.15) is 5.82 Å². The maximum absolute atomic E-state index is 13.3. The third-order valence-corrected chi connectivity index (χ3v) is 3.66. The lowest BCUT2D eigenvalue weighted by molar-refractivity contribution is 0.617. The van der Waals surface area contributed by atoms with E-state index in [1.807, 2.05) is 12.1 Å². The first-order valence-electron chi connectivity index (χ1n) is 6.19. The van der Waals surface area contributed by atoms with Crippen LogP contribution < -0.4 is 10.6 Å². The molecule has 0 aromatic heterocycles. The molecule has 1 aromatic carbocycles. The second kappa shape index (κ2) is 9.41. The van der Waals surface area contributed by atoms with Gasteiger partial charge in [-0.25, -0.2) is 4.39 Å². The van der Waals surface area contributed by atoms with Crippen LogP contribution in [-0.4, -0.2) is 31.3 Å². The maximum atomic E-state index is 13.3. The number of nitrogens with zero attached hydrogens (tertiary/aromatic N) is 1. The molecule has 3 nitrogen and oxygen atoms in total. The number of aliphatic imine (C=N–C) groups is 1. The summed E-state index contributed by atoms with van der Waals surface area (Å²) in [6, 6.07) is 6.94. The minimum absolute atomic E-state index is 0. The molecule has 0 atom stereocenters. The molecule has 2 rings (SSSR count). The van der Waals surface area contributed by atoms with E-state index in [-0.39, 0.29) is 29.8 Å². The van der Waals surface area contributed by atoms with Crippen molar-refractivity contribution in [2.24, 2.45) is 4.99 Å². The molecule has 0 unspecified atom stereocenters. The largest absolute Gasteiger partial charge is 0.356 e. The fraction of sp³-hybridized carbons (Fsp3) is 0.462. The Labute approximate surface area is 134 Å². The lowest BCUT2D eigenvalue weighted by atomic mass is 10.2. The lowest BCUT2D eigenvalue weighted by Crippen LogP contribution is -2.41. The molecule has 1 heterocycles. The van der Waals surface area contributed by atoms with Gasteiger partial charge in [0, 0.05) is 31.1 Å². The van der Waals surface area contributed by atoms with Gasteiger partial charge in [-0.2, -0.15) is 11.8 Å². The minimum atomic E-state index is -0.115.